The minimum absolute atomic E-state index is 0.0608. The van der Waals surface area contributed by atoms with Crippen LogP contribution in [-0.4, -0.2) is 30.1 Å². The van der Waals surface area contributed by atoms with Crippen LogP contribution < -0.4 is 5.56 Å². The molecule has 1 atom stereocenters. The molecule has 0 aliphatic heterocycles. The normalized spacial score (nSPS) is 12.3. The summed E-state index contributed by atoms with van der Waals surface area (Å²) in [6.45, 7) is 8.01. The Balaban J connectivity index is 1.53. The van der Waals surface area contributed by atoms with Gasteiger partial charge in [0.2, 0.25) is 0 Å². The van der Waals surface area contributed by atoms with Crippen molar-refractivity contribution in [2.24, 2.45) is 0 Å². The van der Waals surface area contributed by atoms with E-state index in [-0.39, 0.29) is 11.6 Å². The highest BCUT2D eigenvalue weighted by molar-refractivity contribution is 5.83. The van der Waals surface area contributed by atoms with Gasteiger partial charge >= 0.3 is 0 Å². The number of tetrazole rings is 1. The average Bonchev–Trinajstić information content (AvgIpc) is 3.34. The first kappa shape index (κ1) is 24.6. The Morgan fingerprint density at radius 1 is 0.919 bits per heavy atom. The van der Waals surface area contributed by atoms with Gasteiger partial charge in [0.05, 0.1) is 12.6 Å². The predicted octanol–water partition coefficient (Wildman–Crippen LogP) is 5.33. The third kappa shape index (κ3) is 5.52. The number of aromatic nitrogens is 5. The van der Waals surface area contributed by atoms with Crippen molar-refractivity contribution in [1.82, 2.24) is 30.1 Å². The zero-order valence-electron chi connectivity index (χ0n) is 21.6. The van der Waals surface area contributed by atoms with Gasteiger partial charge in [0.15, 0.2) is 5.82 Å². The summed E-state index contributed by atoms with van der Waals surface area (Å²) >= 11 is 0. The predicted molar refractivity (Wildman–Crippen MR) is 146 cm³/mol. The van der Waals surface area contributed by atoms with Crippen molar-refractivity contribution in [1.29, 1.82) is 0 Å². The monoisotopic (exact) mass is 492 g/mol. The second-order valence-corrected chi connectivity index (χ2v) is 9.66. The lowest BCUT2D eigenvalue weighted by atomic mass is 10.0. The molecule has 37 heavy (non-hydrogen) atoms. The Labute approximate surface area is 216 Å². The first-order valence-corrected chi connectivity index (χ1v) is 12.7. The van der Waals surface area contributed by atoms with Crippen molar-refractivity contribution in [2.75, 3.05) is 0 Å². The lowest BCUT2D eigenvalue weighted by molar-refractivity contribution is 0.161. The molecule has 1 N–H and O–H groups in total. The number of hydrogen-bond donors (Lipinski definition) is 1. The molecule has 0 saturated heterocycles. The molecular formula is C30H32N6O. The molecule has 0 spiro atoms. The second-order valence-electron chi connectivity index (χ2n) is 9.66. The van der Waals surface area contributed by atoms with Crippen LogP contribution in [0.2, 0.25) is 0 Å². The number of aromatic amines is 1. The van der Waals surface area contributed by atoms with Gasteiger partial charge in [0.25, 0.3) is 5.56 Å². The van der Waals surface area contributed by atoms with Crippen LogP contribution in [0.1, 0.15) is 53.0 Å². The van der Waals surface area contributed by atoms with Crippen molar-refractivity contribution in [3.8, 4) is 0 Å². The van der Waals surface area contributed by atoms with Crippen molar-refractivity contribution in [3.05, 3.63) is 123 Å². The first-order chi connectivity index (χ1) is 18.0. The number of fused-ring (bicyclic) bond motifs is 1. The molecule has 2 aromatic heterocycles. The van der Waals surface area contributed by atoms with E-state index >= 15 is 0 Å². The lowest BCUT2D eigenvalue weighted by Crippen LogP contribution is -2.32. The highest BCUT2D eigenvalue weighted by Gasteiger charge is 2.26. The molecule has 5 rings (SSSR count). The van der Waals surface area contributed by atoms with Crippen LogP contribution in [0.5, 0.6) is 0 Å². The van der Waals surface area contributed by atoms with Crippen molar-refractivity contribution in [3.63, 3.8) is 0 Å². The lowest BCUT2D eigenvalue weighted by Gasteiger charge is -2.30. The minimum Gasteiger partial charge on any atom is -0.322 e. The number of H-pyrrole nitrogens is 1. The number of nitrogens with zero attached hydrogens (tertiary/aromatic N) is 5. The van der Waals surface area contributed by atoms with Gasteiger partial charge in [0.1, 0.15) is 0 Å². The number of hydrogen-bond acceptors (Lipinski definition) is 5. The number of nitrogens with one attached hydrogen (secondary N) is 1. The topological polar surface area (TPSA) is 79.7 Å². The molecule has 5 aromatic rings. The van der Waals surface area contributed by atoms with Crippen LogP contribution in [0, 0.1) is 13.8 Å². The molecule has 3 aromatic carbocycles. The van der Waals surface area contributed by atoms with Crippen LogP contribution in [0.4, 0.5) is 0 Å². The van der Waals surface area contributed by atoms with E-state index in [0.29, 0.717) is 19.6 Å². The largest absolute Gasteiger partial charge is 0.322 e. The van der Waals surface area contributed by atoms with E-state index < -0.39 is 0 Å². The van der Waals surface area contributed by atoms with Crippen molar-refractivity contribution in [2.45, 2.75) is 52.9 Å². The summed E-state index contributed by atoms with van der Waals surface area (Å²) in [5.74, 6) is 0.798. The standard InChI is InChI=1S/C30H32N6O/c1-4-28(29-32-33-34-36(29)19-24-13-9-6-10-14-24)35(18-23-11-7-5-8-12-23)20-25-17-26-22(3)15-21(2)16-27(26)31-30(25)37/h5-17,28H,4,18-20H2,1-3H3,(H,31,37). The molecule has 0 saturated carbocycles. The van der Waals surface area contributed by atoms with Gasteiger partial charge in [0, 0.05) is 29.6 Å². The fourth-order valence-corrected chi connectivity index (χ4v) is 5.07. The average molecular weight is 493 g/mol. The fraction of sp³-hybridized carbons (Fsp3) is 0.267. The number of aryl methyl sites for hydroxylation is 2. The minimum atomic E-state index is -0.0758. The van der Waals surface area contributed by atoms with E-state index in [1.807, 2.05) is 60.1 Å². The maximum atomic E-state index is 13.2. The van der Waals surface area contributed by atoms with E-state index in [0.717, 1.165) is 45.4 Å². The Kier molecular flexibility index (Phi) is 7.23. The molecular weight excluding hydrogens is 460 g/mol. The van der Waals surface area contributed by atoms with E-state index in [1.54, 1.807) is 0 Å². The quantitative estimate of drug-likeness (QED) is 0.301. The van der Waals surface area contributed by atoms with Gasteiger partial charge in [-0.3, -0.25) is 9.69 Å². The van der Waals surface area contributed by atoms with Crippen LogP contribution >= 0.6 is 0 Å². The van der Waals surface area contributed by atoms with Gasteiger partial charge in [-0.15, -0.1) is 5.10 Å². The number of pyridine rings is 1. The Morgan fingerprint density at radius 3 is 2.32 bits per heavy atom. The summed E-state index contributed by atoms with van der Waals surface area (Å²) in [6.07, 6.45) is 0.797. The zero-order chi connectivity index (χ0) is 25.8. The third-order valence-corrected chi connectivity index (χ3v) is 6.85. The van der Waals surface area contributed by atoms with Gasteiger partial charge in [-0.2, -0.15) is 0 Å². The third-order valence-electron chi connectivity index (χ3n) is 6.85. The Hall–Kier alpha value is -4.10. The molecule has 0 aliphatic carbocycles. The van der Waals surface area contributed by atoms with E-state index in [1.165, 1.54) is 5.56 Å². The molecule has 0 radical (unpaired) electrons. The van der Waals surface area contributed by atoms with Crippen molar-refractivity contribution >= 4 is 10.9 Å². The second kappa shape index (κ2) is 10.9. The van der Waals surface area contributed by atoms with Gasteiger partial charge in [-0.1, -0.05) is 73.7 Å². The van der Waals surface area contributed by atoms with Crippen LogP contribution in [-0.2, 0) is 19.6 Å². The molecule has 1 unspecified atom stereocenters. The number of benzene rings is 3. The summed E-state index contributed by atoms with van der Waals surface area (Å²) in [5.41, 5.74) is 6.14. The van der Waals surface area contributed by atoms with E-state index in [9.17, 15) is 4.79 Å². The molecule has 0 bridgehead atoms. The maximum absolute atomic E-state index is 13.2. The number of rotatable bonds is 9. The van der Waals surface area contributed by atoms with Crippen LogP contribution in [0.15, 0.2) is 83.7 Å². The maximum Gasteiger partial charge on any atom is 0.252 e. The van der Waals surface area contributed by atoms with E-state index in [4.69, 9.17) is 0 Å². The van der Waals surface area contributed by atoms with Gasteiger partial charge < -0.3 is 4.98 Å². The molecule has 0 aliphatic rings. The first-order valence-electron chi connectivity index (χ1n) is 12.7. The smallest absolute Gasteiger partial charge is 0.252 e. The SMILES string of the molecule is CCC(c1nnnn1Cc1ccccc1)N(Cc1ccccc1)Cc1cc2c(C)cc(C)cc2[nH]c1=O. The summed E-state index contributed by atoms with van der Waals surface area (Å²) in [5, 5.41) is 13.9. The molecule has 0 fully saturated rings. The summed E-state index contributed by atoms with van der Waals surface area (Å²) in [7, 11) is 0. The fourth-order valence-electron chi connectivity index (χ4n) is 5.07. The Morgan fingerprint density at radius 2 is 1.62 bits per heavy atom. The summed E-state index contributed by atoms with van der Waals surface area (Å²) in [4.78, 5) is 18.6. The molecule has 7 heteroatoms. The van der Waals surface area contributed by atoms with E-state index in [2.05, 4.69) is 69.6 Å². The highest BCUT2D eigenvalue weighted by atomic mass is 16.1. The van der Waals surface area contributed by atoms with Crippen molar-refractivity contribution < 1.29 is 0 Å². The molecule has 188 valence electrons. The zero-order valence-corrected chi connectivity index (χ0v) is 21.6. The van der Waals surface area contributed by atoms with Crippen LogP contribution in [0.3, 0.4) is 0 Å². The molecule has 7 nitrogen and oxygen atoms in total. The molecule has 2 heterocycles. The Bertz CT molecular complexity index is 1540. The van der Waals surface area contributed by atoms with Gasteiger partial charge in [-0.25, -0.2) is 4.68 Å². The molecule has 0 amide bonds. The van der Waals surface area contributed by atoms with Gasteiger partial charge in [-0.05, 0) is 65.1 Å². The highest BCUT2D eigenvalue weighted by Crippen LogP contribution is 2.27. The van der Waals surface area contributed by atoms with Crippen LogP contribution in [0.25, 0.3) is 10.9 Å². The summed E-state index contributed by atoms with van der Waals surface area (Å²) < 4.78 is 1.87. The summed E-state index contributed by atoms with van der Waals surface area (Å²) in [6, 6.07) is 26.7.